The molecule has 0 aliphatic heterocycles. The van der Waals surface area contributed by atoms with Gasteiger partial charge in [-0.3, -0.25) is 9.78 Å². The summed E-state index contributed by atoms with van der Waals surface area (Å²) in [5.41, 5.74) is 6.43. The Labute approximate surface area is 102 Å². The molecular weight excluding hydrogens is 214 g/mol. The van der Waals surface area contributed by atoms with Crippen LogP contribution in [-0.4, -0.2) is 17.4 Å². The number of nitrogens with one attached hydrogen (secondary N) is 1. The van der Waals surface area contributed by atoms with E-state index in [4.69, 9.17) is 5.73 Å². The number of hydrogen-bond donors (Lipinski definition) is 2. The monoisotopic (exact) mass is 233 g/mol. The molecule has 1 saturated carbocycles. The second kappa shape index (κ2) is 5.17. The van der Waals surface area contributed by atoms with E-state index in [1.54, 1.807) is 12.3 Å². The lowest BCUT2D eigenvalue weighted by molar-refractivity contribution is 0.0995. The highest BCUT2D eigenvalue weighted by atomic mass is 16.1. The number of nitrogens with two attached hydrogens (primary N) is 1. The van der Waals surface area contributed by atoms with Gasteiger partial charge in [0.1, 0.15) is 5.69 Å². The molecular formula is C13H19N3O. The standard InChI is InChI=1S/C13H19N3O/c1-9-3-2-4-10(9)8-16-11-5-6-15-12(7-11)13(14)17/h5-7,9-10H,2-4,8H2,1H3,(H2,14,17)(H,15,16). The van der Waals surface area contributed by atoms with Crippen LogP contribution in [0.15, 0.2) is 18.3 Å². The Bertz CT molecular complexity index is 405. The molecule has 0 radical (unpaired) electrons. The minimum absolute atomic E-state index is 0.314. The number of nitrogens with zero attached hydrogens (tertiary/aromatic N) is 1. The molecule has 2 rings (SSSR count). The molecule has 1 fully saturated rings. The van der Waals surface area contributed by atoms with Crippen LogP contribution >= 0.6 is 0 Å². The lowest BCUT2D eigenvalue weighted by Gasteiger charge is -2.16. The highest BCUT2D eigenvalue weighted by Crippen LogP contribution is 2.31. The van der Waals surface area contributed by atoms with Crippen molar-refractivity contribution in [3.63, 3.8) is 0 Å². The van der Waals surface area contributed by atoms with E-state index < -0.39 is 5.91 Å². The predicted molar refractivity (Wildman–Crippen MR) is 67.7 cm³/mol. The van der Waals surface area contributed by atoms with Gasteiger partial charge in [-0.15, -0.1) is 0 Å². The van der Waals surface area contributed by atoms with Crippen molar-refractivity contribution in [2.45, 2.75) is 26.2 Å². The summed E-state index contributed by atoms with van der Waals surface area (Å²) in [5, 5.41) is 3.36. The molecule has 3 N–H and O–H groups in total. The molecule has 1 aromatic rings. The minimum atomic E-state index is -0.483. The number of hydrogen-bond acceptors (Lipinski definition) is 3. The molecule has 0 aromatic carbocycles. The predicted octanol–water partition coefficient (Wildman–Crippen LogP) is 2.03. The van der Waals surface area contributed by atoms with Gasteiger partial charge in [0.2, 0.25) is 0 Å². The first-order valence-corrected chi connectivity index (χ1v) is 6.16. The quantitative estimate of drug-likeness (QED) is 0.836. The third kappa shape index (κ3) is 2.96. The maximum atomic E-state index is 11.0. The van der Waals surface area contributed by atoms with Crippen molar-refractivity contribution >= 4 is 11.6 Å². The molecule has 92 valence electrons. The van der Waals surface area contributed by atoms with Crippen molar-refractivity contribution < 1.29 is 4.79 Å². The van der Waals surface area contributed by atoms with Crippen LogP contribution in [-0.2, 0) is 0 Å². The summed E-state index contributed by atoms with van der Waals surface area (Å²) >= 11 is 0. The van der Waals surface area contributed by atoms with Gasteiger partial charge in [0, 0.05) is 18.4 Å². The Kier molecular flexibility index (Phi) is 3.61. The summed E-state index contributed by atoms with van der Waals surface area (Å²) in [7, 11) is 0. The maximum absolute atomic E-state index is 11.0. The molecule has 4 heteroatoms. The van der Waals surface area contributed by atoms with Gasteiger partial charge in [0.05, 0.1) is 0 Å². The second-order valence-corrected chi connectivity index (χ2v) is 4.84. The van der Waals surface area contributed by atoms with Gasteiger partial charge in [-0.2, -0.15) is 0 Å². The molecule has 1 aliphatic rings. The average molecular weight is 233 g/mol. The van der Waals surface area contributed by atoms with Crippen molar-refractivity contribution in [2.24, 2.45) is 17.6 Å². The SMILES string of the molecule is CC1CCCC1CNc1ccnc(C(N)=O)c1. The molecule has 1 aromatic heterocycles. The number of rotatable bonds is 4. The smallest absolute Gasteiger partial charge is 0.267 e. The molecule has 2 unspecified atom stereocenters. The number of aromatic nitrogens is 1. The second-order valence-electron chi connectivity index (χ2n) is 4.84. The van der Waals surface area contributed by atoms with Crippen LogP contribution in [0, 0.1) is 11.8 Å². The Morgan fingerprint density at radius 3 is 3.06 bits per heavy atom. The largest absolute Gasteiger partial charge is 0.385 e. The Morgan fingerprint density at radius 1 is 1.59 bits per heavy atom. The van der Waals surface area contributed by atoms with Crippen molar-refractivity contribution in [2.75, 3.05) is 11.9 Å². The highest BCUT2D eigenvalue weighted by Gasteiger charge is 2.22. The van der Waals surface area contributed by atoms with Crippen LogP contribution in [0.5, 0.6) is 0 Å². The number of primary amides is 1. The molecule has 2 atom stereocenters. The van der Waals surface area contributed by atoms with Gasteiger partial charge in [0.25, 0.3) is 5.91 Å². The van der Waals surface area contributed by atoms with Gasteiger partial charge in [-0.1, -0.05) is 19.8 Å². The van der Waals surface area contributed by atoms with Gasteiger partial charge in [-0.05, 0) is 30.4 Å². The molecule has 0 bridgehead atoms. The third-order valence-corrected chi connectivity index (χ3v) is 3.62. The zero-order valence-corrected chi connectivity index (χ0v) is 10.1. The van der Waals surface area contributed by atoms with Gasteiger partial charge >= 0.3 is 0 Å². The highest BCUT2D eigenvalue weighted by molar-refractivity contribution is 5.91. The van der Waals surface area contributed by atoms with E-state index in [-0.39, 0.29) is 0 Å². The van der Waals surface area contributed by atoms with E-state index >= 15 is 0 Å². The molecule has 1 aliphatic carbocycles. The number of amides is 1. The van der Waals surface area contributed by atoms with Crippen molar-refractivity contribution in [3.8, 4) is 0 Å². The minimum Gasteiger partial charge on any atom is -0.385 e. The fourth-order valence-electron chi connectivity index (χ4n) is 2.45. The molecule has 17 heavy (non-hydrogen) atoms. The number of carbonyl (C=O) groups excluding carboxylic acids is 1. The zero-order chi connectivity index (χ0) is 12.3. The van der Waals surface area contributed by atoms with E-state index in [0.717, 1.165) is 24.1 Å². The van der Waals surface area contributed by atoms with Crippen LogP contribution in [0.2, 0.25) is 0 Å². The molecule has 1 heterocycles. The van der Waals surface area contributed by atoms with Crippen LogP contribution in [0.1, 0.15) is 36.7 Å². The summed E-state index contributed by atoms with van der Waals surface area (Å²) in [4.78, 5) is 14.9. The zero-order valence-electron chi connectivity index (χ0n) is 10.1. The van der Waals surface area contributed by atoms with Gasteiger partial charge in [-0.25, -0.2) is 0 Å². The Morgan fingerprint density at radius 2 is 2.41 bits per heavy atom. The van der Waals surface area contributed by atoms with Crippen LogP contribution in [0.3, 0.4) is 0 Å². The van der Waals surface area contributed by atoms with Gasteiger partial charge in [0.15, 0.2) is 0 Å². The van der Waals surface area contributed by atoms with Crippen LogP contribution in [0.25, 0.3) is 0 Å². The topological polar surface area (TPSA) is 68.0 Å². The number of pyridine rings is 1. The molecule has 4 nitrogen and oxygen atoms in total. The summed E-state index contributed by atoms with van der Waals surface area (Å²) in [6.07, 6.45) is 5.56. The molecule has 0 saturated heterocycles. The summed E-state index contributed by atoms with van der Waals surface area (Å²) in [6, 6.07) is 3.58. The van der Waals surface area contributed by atoms with Crippen LogP contribution in [0.4, 0.5) is 5.69 Å². The number of anilines is 1. The Balaban J connectivity index is 1.94. The molecule has 1 amide bonds. The summed E-state index contributed by atoms with van der Waals surface area (Å²) in [6.45, 7) is 3.27. The number of carbonyl (C=O) groups is 1. The lowest BCUT2D eigenvalue weighted by atomic mass is 9.98. The molecule has 0 spiro atoms. The van der Waals surface area contributed by atoms with E-state index in [1.807, 2.05) is 6.07 Å². The van der Waals surface area contributed by atoms with Gasteiger partial charge < -0.3 is 11.1 Å². The van der Waals surface area contributed by atoms with Crippen molar-refractivity contribution in [1.82, 2.24) is 4.98 Å². The first-order chi connectivity index (χ1) is 8.16. The normalized spacial score (nSPS) is 23.6. The lowest BCUT2D eigenvalue weighted by Crippen LogP contribution is -2.17. The first-order valence-electron chi connectivity index (χ1n) is 6.16. The fourth-order valence-corrected chi connectivity index (χ4v) is 2.45. The van der Waals surface area contributed by atoms with E-state index in [1.165, 1.54) is 19.3 Å². The third-order valence-electron chi connectivity index (χ3n) is 3.62. The van der Waals surface area contributed by atoms with Crippen molar-refractivity contribution in [3.05, 3.63) is 24.0 Å². The van der Waals surface area contributed by atoms with E-state index in [2.05, 4.69) is 17.2 Å². The van der Waals surface area contributed by atoms with Crippen molar-refractivity contribution in [1.29, 1.82) is 0 Å². The average Bonchev–Trinajstić information content (AvgIpc) is 2.72. The van der Waals surface area contributed by atoms with Crippen LogP contribution < -0.4 is 11.1 Å². The Hall–Kier alpha value is -1.58. The first kappa shape index (κ1) is 11.9. The summed E-state index contributed by atoms with van der Waals surface area (Å²) in [5.74, 6) is 1.04. The maximum Gasteiger partial charge on any atom is 0.267 e. The van der Waals surface area contributed by atoms with E-state index in [9.17, 15) is 4.79 Å². The fraction of sp³-hybridized carbons (Fsp3) is 0.538. The summed E-state index contributed by atoms with van der Waals surface area (Å²) < 4.78 is 0. The van der Waals surface area contributed by atoms with E-state index in [0.29, 0.717) is 5.69 Å².